The van der Waals surface area contributed by atoms with E-state index in [1.807, 2.05) is 0 Å². The van der Waals surface area contributed by atoms with E-state index < -0.39 is 5.97 Å². The number of carbonyl (C=O) groups excluding carboxylic acids is 1. The minimum Gasteiger partial charge on any atom is -0.478 e. The maximum Gasteiger partial charge on any atom is 0.328 e. The molecule has 2 rings (SSSR count). The standard InChI is InChI=1S/C15H12FNO3S/c16-13-4-2-1-3-10(13)8-17-15(20)11-7-12(21-9-11)5-6-14(18)19/h1-7,9H,8H2,(H,17,20)(H,18,19). The highest BCUT2D eigenvalue weighted by Crippen LogP contribution is 2.16. The maximum absolute atomic E-state index is 13.4. The van der Waals surface area contributed by atoms with Gasteiger partial charge in [0.25, 0.3) is 5.91 Å². The highest BCUT2D eigenvalue weighted by atomic mass is 32.1. The fourth-order valence-corrected chi connectivity index (χ4v) is 2.41. The van der Waals surface area contributed by atoms with Gasteiger partial charge in [-0.2, -0.15) is 0 Å². The van der Waals surface area contributed by atoms with Gasteiger partial charge in [0.1, 0.15) is 5.82 Å². The predicted octanol–water partition coefficient (Wildman–Crippen LogP) is 2.92. The number of carboxylic acid groups (broad SMARTS) is 1. The molecule has 0 aliphatic carbocycles. The number of benzene rings is 1. The Balaban J connectivity index is 1.98. The number of rotatable bonds is 5. The number of carbonyl (C=O) groups is 2. The lowest BCUT2D eigenvalue weighted by molar-refractivity contribution is -0.131. The fraction of sp³-hybridized carbons (Fsp3) is 0.0667. The SMILES string of the molecule is O=C(O)C=Cc1cc(C(=O)NCc2ccccc2F)cs1. The van der Waals surface area contributed by atoms with Crippen molar-refractivity contribution in [2.45, 2.75) is 6.54 Å². The first-order valence-corrected chi connectivity index (χ1v) is 6.95. The van der Waals surface area contributed by atoms with Crippen LogP contribution in [-0.2, 0) is 11.3 Å². The molecule has 1 aromatic heterocycles. The quantitative estimate of drug-likeness (QED) is 0.835. The molecule has 0 aliphatic heterocycles. The van der Waals surface area contributed by atoms with Crippen LogP contribution in [0.25, 0.3) is 6.08 Å². The molecule has 1 aromatic carbocycles. The van der Waals surface area contributed by atoms with Crippen molar-refractivity contribution in [1.82, 2.24) is 5.32 Å². The Hall–Kier alpha value is -2.47. The number of thiophene rings is 1. The molecule has 1 amide bonds. The number of aliphatic carboxylic acids is 1. The van der Waals surface area contributed by atoms with Crippen LogP contribution in [-0.4, -0.2) is 17.0 Å². The van der Waals surface area contributed by atoms with Gasteiger partial charge in [-0.3, -0.25) is 4.79 Å². The van der Waals surface area contributed by atoms with E-state index in [4.69, 9.17) is 5.11 Å². The zero-order chi connectivity index (χ0) is 15.2. The molecule has 0 radical (unpaired) electrons. The molecule has 0 spiro atoms. The number of nitrogens with one attached hydrogen (secondary N) is 1. The molecule has 6 heteroatoms. The van der Waals surface area contributed by atoms with Gasteiger partial charge in [-0.15, -0.1) is 11.3 Å². The Bertz CT molecular complexity index is 694. The number of amides is 1. The second-order valence-electron chi connectivity index (χ2n) is 4.18. The number of halogens is 1. The molecule has 1 heterocycles. The normalized spacial score (nSPS) is 10.7. The summed E-state index contributed by atoms with van der Waals surface area (Å²) in [5.41, 5.74) is 0.827. The summed E-state index contributed by atoms with van der Waals surface area (Å²) in [6.45, 7) is 0.0989. The summed E-state index contributed by atoms with van der Waals surface area (Å²) in [6.07, 6.45) is 2.42. The first-order chi connectivity index (χ1) is 10.1. The third-order valence-corrected chi connectivity index (χ3v) is 3.57. The van der Waals surface area contributed by atoms with Gasteiger partial charge in [0.15, 0.2) is 0 Å². The van der Waals surface area contributed by atoms with E-state index in [1.54, 1.807) is 29.6 Å². The highest BCUT2D eigenvalue weighted by molar-refractivity contribution is 7.11. The van der Waals surface area contributed by atoms with Crippen LogP contribution in [0.1, 0.15) is 20.8 Å². The molecular formula is C15H12FNO3S. The van der Waals surface area contributed by atoms with E-state index in [-0.39, 0.29) is 18.3 Å². The van der Waals surface area contributed by atoms with E-state index in [9.17, 15) is 14.0 Å². The number of carboxylic acids is 1. The van der Waals surface area contributed by atoms with Crippen LogP contribution < -0.4 is 5.32 Å². The summed E-state index contributed by atoms with van der Waals surface area (Å²) in [5, 5.41) is 12.8. The van der Waals surface area contributed by atoms with Crippen LogP contribution in [0.3, 0.4) is 0 Å². The Morgan fingerprint density at radius 3 is 2.81 bits per heavy atom. The van der Waals surface area contributed by atoms with Crippen molar-refractivity contribution < 1.29 is 19.1 Å². The van der Waals surface area contributed by atoms with Crippen LogP contribution in [0.15, 0.2) is 41.8 Å². The lowest BCUT2D eigenvalue weighted by atomic mass is 10.2. The molecule has 21 heavy (non-hydrogen) atoms. The van der Waals surface area contributed by atoms with Gasteiger partial charge < -0.3 is 10.4 Å². The predicted molar refractivity (Wildman–Crippen MR) is 78.6 cm³/mol. The van der Waals surface area contributed by atoms with E-state index in [1.165, 1.54) is 23.5 Å². The van der Waals surface area contributed by atoms with Crippen molar-refractivity contribution in [3.8, 4) is 0 Å². The van der Waals surface area contributed by atoms with Gasteiger partial charge in [0.05, 0.1) is 5.56 Å². The molecule has 108 valence electrons. The van der Waals surface area contributed by atoms with Gasteiger partial charge in [0.2, 0.25) is 0 Å². The maximum atomic E-state index is 13.4. The zero-order valence-electron chi connectivity index (χ0n) is 10.9. The van der Waals surface area contributed by atoms with Crippen molar-refractivity contribution in [2.75, 3.05) is 0 Å². The third kappa shape index (κ3) is 4.25. The fourth-order valence-electron chi connectivity index (χ4n) is 1.63. The minimum atomic E-state index is -1.05. The third-order valence-electron chi connectivity index (χ3n) is 2.67. The Morgan fingerprint density at radius 1 is 1.33 bits per heavy atom. The van der Waals surface area contributed by atoms with Crippen LogP contribution in [0.5, 0.6) is 0 Å². The van der Waals surface area contributed by atoms with Crippen LogP contribution in [0.4, 0.5) is 4.39 Å². The average molecular weight is 305 g/mol. The smallest absolute Gasteiger partial charge is 0.328 e. The van der Waals surface area contributed by atoms with E-state index >= 15 is 0 Å². The lowest BCUT2D eigenvalue weighted by Gasteiger charge is -2.04. The summed E-state index contributed by atoms with van der Waals surface area (Å²) >= 11 is 1.26. The Morgan fingerprint density at radius 2 is 2.10 bits per heavy atom. The summed E-state index contributed by atoms with van der Waals surface area (Å²) in [4.78, 5) is 23.0. The van der Waals surface area contributed by atoms with Gasteiger partial charge in [-0.25, -0.2) is 9.18 Å². The van der Waals surface area contributed by atoms with Crippen molar-refractivity contribution in [3.05, 3.63) is 63.6 Å². The molecular weight excluding hydrogens is 293 g/mol. The van der Waals surface area contributed by atoms with E-state index in [0.29, 0.717) is 16.0 Å². The van der Waals surface area contributed by atoms with Gasteiger partial charge >= 0.3 is 5.97 Å². The molecule has 0 saturated carbocycles. The lowest BCUT2D eigenvalue weighted by Crippen LogP contribution is -2.22. The van der Waals surface area contributed by atoms with Crippen molar-refractivity contribution in [3.63, 3.8) is 0 Å². The van der Waals surface area contributed by atoms with Crippen LogP contribution in [0.2, 0.25) is 0 Å². The molecule has 0 saturated heterocycles. The summed E-state index contributed by atoms with van der Waals surface area (Å²) in [5.74, 6) is -1.74. The van der Waals surface area contributed by atoms with E-state index in [2.05, 4.69) is 5.32 Å². The van der Waals surface area contributed by atoms with Crippen LogP contribution >= 0.6 is 11.3 Å². The topological polar surface area (TPSA) is 66.4 Å². The van der Waals surface area contributed by atoms with Crippen molar-refractivity contribution >= 4 is 29.3 Å². The summed E-state index contributed by atoms with van der Waals surface area (Å²) in [6, 6.07) is 7.80. The van der Waals surface area contributed by atoms with Crippen molar-refractivity contribution in [2.24, 2.45) is 0 Å². The minimum absolute atomic E-state index is 0.0989. The van der Waals surface area contributed by atoms with Crippen LogP contribution in [0, 0.1) is 5.82 Å². The Kier molecular flexibility index (Phi) is 4.84. The monoisotopic (exact) mass is 305 g/mol. The summed E-state index contributed by atoms with van der Waals surface area (Å²) in [7, 11) is 0. The first-order valence-electron chi connectivity index (χ1n) is 6.07. The number of hydrogen-bond donors (Lipinski definition) is 2. The van der Waals surface area contributed by atoms with Gasteiger partial charge in [-0.05, 0) is 18.2 Å². The zero-order valence-corrected chi connectivity index (χ0v) is 11.7. The number of hydrogen-bond acceptors (Lipinski definition) is 3. The van der Waals surface area contributed by atoms with Gasteiger partial charge in [-0.1, -0.05) is 18.2 Å². The first kappa shape index (κ1) is 14.9. The molecule has 0 aliphatic rings. The molecule has 4 nitrogen and oxygen atoms in total. The van der Waals surface area contributed by atoms with Gasteiger partial charge in [0, 0.05) is 28.4 Å². The second-order valence-corrected chi connectivity index (χ2v) is 5.13. The molecule has 0 atom stereocenters. The van der Waals surface area contributed by atoms with Crippen molar-refractivity contribution in [1.29, 1.82) is 0 Å². The van der Waals surface area contributed by atoms with E-state index in [0.717, 1.165) is 6.08 Å². The molecule has 2 N–H and O–H groups in total. The Labute approximate surface area is 124 Å². The molecule has 0 unspecified atom stereocenters. The second kappa shape index (κ2) is 6.81. The molecule has 0 fully saturated rings. The summed E-state index contributed by atoms with van der Waals surface area (Å²) < 4.78 is 13.4. The molecule has 0 bridgehead atoms. The molecule has 2 aromatic rings. The average Bonchev–Trinajstić information content (AvgIpc) is 2.93. The largest absolute Gasteiger partial charge is 0.478 e. The highest BCUT2D eigenvalue weighted by Gasteiger charge is 2.09.